The maximum Gasteiger partial charge on any atom is 0.272 e. The van der Waals surface area contributed by atoms with Crippen LogP contribution in [-0.4, -0.2) is 47.7 Å². The van der Waals surface area contributed by atoms with E-state index in [2.05, 4.69) is 4.98 Å². The van der Waals surface area contributed by atoms with E-state index < -0.39 is 0 Å². The molecule has 1 saturated carbocycles. The zero-order valence-corrected chi connectivity index (χ0v) is 14.2. The van der Waals surface area contributed by atoms with Crippen LogP contribution in [0.3, 0.4) is 0 Å². The highest BCUT2D eigenvalue weighted by molar-refractivity contribution is 5.95. The molecule has 0 spiro atoms. The van der Waals surface area contributed by atoms with Crippen molar-refractivity contribution in [1.29, 1.82) is 0 Å². The number of rotatable bonds is 4. The van der Waals surface area contributed by atoms with E-state index >= 15 is 0 Å². The van der Waals surface area contributed by atoms with Gasteiger partial charge < -0.3 is 14.7 Å². The van der Waals surface area contributed by atoms with Crippen molar-refractivity contribution in [3.63, 3.8) is 0 Å². The minimum absolute atomic E-state index is 0.0415. The number of nitrogens with zero attached hydrogens (tertiary/aromatic N) is 2. The van der Waals surface area contributed by atoms with Gasteiger partial charge in [0.25, 0.3) is 5.91 Å². The summed E-state index contributed by atoms with van der Waals surface area (Å²) in [5, 5.41) is 10.2. The average molecular weight is 328 g/mol. The molecule has 1 aromatic heterocycles. The third-order valence-electron chi connectivity index (χ3n) is 5.06. The molecule has 3 rings (SSSR count). The summed E-state index contributed by atoms with van der Waals surface area (Å²) in [6.07, 6.45) is 3.84. The van der Waals surface area contributed by atoms with Gasteiger partial charge in [-0.15, -0.1) is 0 Å². The summed E-state index contributed by atoms with van der Waals surface area (Å²) in [6.45, 7) is 0.250. The quantitative estimate of drug-likeness (QED) is 0.937. The number of hydrogen-bond acceptors (Lipinski definition) is 4. The second kappa shape index (κ2) is 7.18. The standard InChI is InChI=1S/C19H24N2O3/c1-21(15-6-3-13(12-22)4-7-15)19(23)18-9-5-14-11-16(24-2)8-10-17(14)20-18/h5,8-11,13,15,22H,3-4,6-7,12H2,1-2H3. The summed E-state index contributed by atoms with van der Waals surface area (Å²) in [7, 11) is 3.49. The Morgan fingerprint density at radius 3 is 2.67 bits per heavy atom. The number of amides is 1. The van der Waals surface area contributed by atoms with Crippen molar-refractivity contribution in [2.75, 3.05) is 20.8 Å². The van der Waals surface area contributed by atoms with Crippen LogP contribution in [0.15, 0.2) is 30.3 Å². The van der Waals surface area contributed by atoms with Gasteiger partial charge in [0.05, 0.1) is 12.6 Å². The minimum atomic E-state index is -0.0415. The molecular weight excluding hydrogens is 304 g/mol. The van der Waals surface area contributed by atoms with Gasteiger partial charge in [-0.1, -0.05) is 6.07 Å². The van der Waals surface area contributed by atoms with Crippen molar-refractivity contribution < 1.29 is 14.6 Å². The van der Waals surface area contributed by atoms with Crippen molar-refractivity contribution in [2.24, 2.45) is 5.92 Å². The monoisotopic (exact) mass is 328 g/mol. The number of aliphatic hydroxyl groups excluding tert-OH is 1. The third kappa shape index (κ3) is 3.36. The van der Waals surface area contributed by atoms with E-state index in [1.807, 2.05) is 36.2 Å². The van der Waals surface area contributed by atoms with Crippen LogP contribution in [0.1, 0.15) is 36.2 Å². The molecule has 5 nitrogen and oxygen atoms in total. The zero-order chi connectivity index (χ0) is 17.1. The van der Waals surface area contributed by atoms with Crippen LogP contribution < -0.4 is 4.74 Å². The Morgan fingerprint density at radius 1 is 1.25 bits per heavy atom. The number of carbonyl (C=O) groups excluding carboxylic acids is 1. The van der Waals surface area contributed by atoms with Crippen LogP contribution in [0.4, 0.5) is 0 Å². The Bertz CT molecular complexity index is 724. The predicted molar refractivity (Wildman–Crippen MR) is 93.2 cm³/mol. The molecule has 1 heterocycles. The highest BCUT2D eigenvalue weighted by Gasteiger charge is 2.27. The number of fused-ring (bicyclic) bond motifs is 1. The lowest BCUT2D eigenvalue weighted by Gasteiger charge is -2.34. The SMILES string of the molecule is COc1ccc2nc(C(=O)N(C)C3CCC(CO)CC3)ccc2c1. The smallest absolute Gasteiger partial charge is 0.272 e. The topological polar surface area (TPSA) is 62.7 Å². The Morgan fingerprint density at radius 2 is 2.00 bits per heavy atom. The van der Waals surface area contributed by atoms with E-state index in [0.29, 0.717) is 11.6 Å². The fourth-order valence-electron chi connectivity index (χ4n) is 3.41. The molecule has 5 heteroatoms. The maximum absolute atomic E-state index is 12.8. The number of aromatic nitrogens is 1. The van der Waals surface area contributed by atoms with Gasteiger partial charge in [0.15, 0.2) is 0 Å². The maximum atomic E-state index is 12.8. The molecular formula is C19H24N2O3. The van der Waals surface area contributed by atoms with Crippen molar-refractivity contribution in [2.45, 2.75) is 31.7 Å². The van der Waals surface area contributed by atoms with Gasteiger partial charge in [0, 0.05) is 25.1 Å². The van der Waals surface area contributed by atoms with Gasteiger partial charge in [0.1, 0.15) is 11.4 Å². The molecule has 1 amide bonds. The number of methoxy groups -OCH3 is 1. The Balaban J connectivity index is 1.75. The van der Waals surface area contributed by atoms with E-state index in [1.165, 1.54) is 0 Å². The molecule has 1 aliphatic rings. The fraction of sp³-hybridized carbons (Fsp3) is 0.474. The van der Waals surface area contributed by atoms with Crippen LogP contribution >= 0.6 is 0 Å². The highest BCUT2D eigenvalue weighted by atomic mass is 16.5. The molecule has 0 aliphatic heterocycles. The van der Waals surface area contributed by atoms with E-state index in [-0.39, 0.29) is 18.6 Å². The van der Waals surface area contributed by atoms with Gasteiger partial charge in [-0.25, -0.2) is 4.98 Å². The van der Waals surface area contributed by atoms with Gasteiger partial charge in [-0.3, -0.25) is 4.79 Å². The first kappa shape index (κ1) is 16.7. The van der Waals surface area contributed by atoms with Crippen molar-refractivity contribution in [3.8, 4) is 5.75 Å². The summed E-state index contributed by atoms with van der Waals surface area (Å²) in [5.74, 6) is 1.12. The number of carbonyl (C=O) groups is 1. The molecule has 24 heavy (non-hydrogen) atoms. The van der Waals surface area contributed by atoms with Crippen LogP contribution in [-0.2, 0) is 0 Å². The summed E-state index contributed by atoms with van der Waals surface area (Å²) in [5.41, 5.74) is 1.26. The van der Waals surface area contributed by atoms with Gasteiger partial charge in [0.2, 0.25) is 0 Å². The Kier molecular flexibility index (Phi) is 5.00. The summed E-state index contributed by atoms with van der Waals surface area (Å²) in [4.78, 5) is 19.1. The normalized spacial score (nSPS) is 20.8. The molecule has 1 N–H and O–H groups in total. The van der Waals surface area contributed by atoms with Crippen molar-refractivity contribution >= 4 is 16.8 Å². The second-order valence-electron chi connectivity index (χ2n) is 6.53. The van der Waals surface area contributed by atoms with E-state index in [0.717, 1.165) is 42.3 Å². The lowest BCUT2D eigenvalue weighted by molar-refractivity contribution is 0.0647. The molecule has 1 aliphatic carbocycles. The molecule has 2 aromatic rings. The lowest BCUT2D eigenvalue weighted by Crippen LogP contribution is -2.40. The average Bonchev–Trinajstić information content (AvgIpc) is 2.66. The molecule has 0 atom stereocenters. The summed E-state index contributed by atoms with van der Waals surface area (Å²) in [6, 6.07) is 9.56. The second-order valence-corrected chi connectivity index (χ2v) is 6.53. The van der Waals surface area contributed by atoms with Crippen LogP contribution in [0.25, 0.3) is 10.9 Å². The first-order valence-electron chi connectivity index (χ1n) is 8.45. The van der Waals surface area contributed by atoms with E-state index in [4.69, 9.17) is 4.74 Å². The number of hydrogen-bond donors (Lipinski definition) is 1. The summed E-state index contributed by atoms with van der Waals surface area (Å²) < 4.78 is 5.21. The first-order valence-corrected chi connectivity index (χ1v) is 8.45. The number of aliphatic hydroxyl groups is 1. The van der Waals surface area contributed by atoms with E-state index in [1.54, 1.807) is 13.2 Å². The largest absolute Gasteiger partial charge is 0.497 e. The van der Waals surface area contributed by atoms with Gasteiger partial charge >= 0.3 is 0 Å². The van der Waals surface area contributed by atoms with Crippen molar-refractivity contribution in [3.05, 3.63) is 36.0 Å². The number of pyridine rings is 1. The number of benzene rings is 1. The lowest BCUT2D eigenvalue weighted by atomic mass is 9.86. The van der Waals surface area contributed by atoms with Crippen LogP contribution in [0, 0.1) is 5.92 Å². The summed E-state index contributed by atoms with van der Waals surface area (Å²) >= 11 is 0. The third-order valence-corrected chi connectivity index (χ3v) is 5.06. The van der Waals surface area contributed by atoms with Crippen molar-refractivity contribution in [1.82, 2.24) is 9.88 Å². The Labute approximate surface area is 142 Å². The first-order chi connectivity index (χ1) is 11.6. The Hall–Kier alpha value is -2.14. The number of ether oxygens (including phenoxy) is 1. The van der Waals surface area contributed by atoms with Gasteiger partial charge in [-0.2, -0.15) is 0 Å². The molecule has 0 saturated heterocycles. The molecule has 1 aromatic carbocycles. The molecule has 1 fully saturated rings. The minimum Gasteiger partial charge on any atom is -0.497 e. The van der Waals surface area contributed by atoms with E-state index in [9.17, 15) is 9.90 Å². The molecule has 0 radical (unpaired) electrons. The molecule has 0 bridgehead atoms. The predicted octanol–water partition coefficient (Wildman–Crippen LogP) is 2.87. The fourth-order valence-corrected chi connectivity index (χ4v) is 3.41. The molecule has 0 unspecified atom stereocenters. The molecule has 128 valence electrons. The van der Waals surface area contributed by atoms with Gasteiger partial charge in [-0.05, 0) is 55.9 Å². The highest BCUT2D eigenvalue weighted by Crippen LogP contribution is 2.27. The van der Waals surface area contributed by atoms with Crippen LogP contribution in [0.2, 0.25) is 0 Å². The van der Waals surface area contributed by atoms with Crippen LogP contribution in [0.5, 0.6) is 5.75 Å². The zero-order valence-electron chi connectivity index (χ0n) is 14.2.